The van der Waals surface area contributed by atoms with Crippen LogP contribution in [0.25, 0.3) is 16.8 Å². The van der Waals surface area contributed by atoms with E-state index in [1.807, 2.05) is 28.5 Å². The number of amidine groups is 1. The Morgan fingerprint density at radius 3 is 2.69 bits per heavy atom. The van der Waals surface area contributed by atoms with Crippen molar-refractivity contribution in [2.75, 3.05) is 20.8 Å². The topological polar surface area (TPSA) is 78.7 Å². The Morgan fingerprint density at radius 2 is 2.00 bits per heavy atom. The molecule has 1 aliphatic rings. The molecule has 1 atom stereocenters. The van der Waals surface area contributed by atoms with Crippen LogP contribution in [0.2, 0.25) is 0 Å². The lowest BCUT2D eigenvalue weighted by Gasteiger charge is -2.26. The predicted molar refractivity (Wildman–Crippen MR) is 118 cm³/mol. The highest BCUT2D eigenvalue weighted by Crippen LogP contribution is 2.36. The number of methoxy groups -OCH3 is 2. The second-order valence-electron chi connectivity index (χ2n) is 7.25. The highest BCUT2D eigenvalue weighted by Gasteiger charge is 2.32. The Balaban J connectivity index is 1.79. The third kappa shape index (κ3) is 4.40. The predicted octanol–water partition coefficient (Wildman–Crippen LogP) is 5.36. The van der Waals surface area contributed by atoms with Crippen LogP contribution >= 0.6 is 11.3 Å². The van der Waals surface area contributed by atoms with E-state index in [0.29, 0.717) is 34.5 Å². The second-order valence-corrected chi connectivity index (χ2v) is 8.11. The summed E-state index contributed by atoms with van der Waals surface area (Å²) >= 11 is 1.44. The Kier molecular flexibility index (Phi) is 6.79. The summed E-state index contributed by atoms with van der Waals surface area (Å²) in [6.07, 6.45) is 4.53. The maximum Gasteiger partial charge on any atom is 0.161 e. The number of benzene rings is 1. The van der Waals surface area contributed by atoms with Gasteiger partial charge in [0.15, 0.2) is 11.5 Å². The van der Waals surface area contributed by atoms with Crippen LogP contribution in [0.3, 0.4) is 0 Å². The highest BCUT2D eigenvalue weighted by molar-refractivity contribution is 7.11. The summed E-state index contributed by atoms with van der Waals surface area (Å²) in [7, 11) is 3.21. The van der Waals surface area contributed by atoms with Crippen LogP contribution in [0, 0.1) is 5.41 Å². The third-order valence-corrected chi connectivity index (χ3v) is 6.15. The van der Waals surface area contributed by atoms with Crippen LogP contribution in [-0.4, -0.2) is 47.6 Å². The number of aromatic nitrogens is 1. The first-order chi connectivity index (χ1) is 14.0. The van der Waals surface area contributed by atoms with Crippen LogP contribution in [0.4, 0.5) is 0 Å². The lowest BCUT2D eigenvalue weighted by Crippen LogP contribution is -2.35. The fraction of sp³-hybridized carbons (Fsp3) is 0.455. The molecule has 1 aliphatic heterocycles. The Labute approximate surface area is 176 Å². The van der Waals surface area contributed by atoms with E-state index in [1.165, 1.54) is 24.2 Å². The zero-order chi connectivity index (χ0) is 21.0. The molecular formula is C22H29N3O3S. The van der Waals surface area contributed by atoms with Crippen molar-refractivity contribution < 1.29 is 14.6 Å². The van der Waals surface area contributed by atoms with Crippen LogP contribution in [0.15, 0.2) is 29.3 Å². The van der Waals surface area contributed by atoms with Crippen molar-refractivity contribution >= 4 is 22.7 Å². The summed E-state index contributed by atoms with van der Waals surface area (Å²) < 4.78 is 10.7. The van der Waals surface area contributed by atoms with Gasteiger partial charge in [0.25, 0.3) is 0 Å². The van der Waals surface area contributed by atoms with Crippen LogP contribution in [0.1, 0.15) is 44.5 Å². The summed E-state index contributed by atoms with van der Waals surface area (Å²) in [5.74, 6) is 1.89. The van der Waals surface area contributed by atoms with Gasteiger partial charge in [0, 0.05) is 17.0 Å². The van der Waals surface area contributed by atoms with Gasteiger partial charge in [-0.25, -0.2) is 4.98 Å². The van der Waals surface area contributed by atoms with Gasteiger partial charge >= 0.3 is 0 Å². The van der Waals surface area contributed by atoms with Gasteiger partial charge in [-0.3, -0.25) is 5.41 Å². The molecule has 3 rings (SSSR count). The van der Waals surface area contributed by atoms with Crippen molar-refractivity contribution in [3.8, 4) is 22.8 Å². The van der Waals surface area contributed by atoms with Crippen molar-refractivity contribution in [1.29, 1.82) is 5.41 Å². The van der Waals surface area contributed by atoms with Crippen LogP contribution < -0.4 is 9.47 Å². The largest absolute Gasteiger partial charge is 0.510 e. The molecule has 2 heterocycles. The van der Waals surface area contributed by atoms with Crippen LogP contribution in [0.5, 0.6) is 11.5 Å². The van der Waals surface area contributed by atoms with E-state index >= 15 is 0 Å². The maximum absolute atomic E-state index is 10.6. The lowest BCUT2D eigenvalue weighted by atomic mass is 10.1. The zero-order valence-electron chi connectivity index (χ0n) is 17.5. The fourth-order valence-corrected chi connectivity index (χ4v) is 4.46. The van der Waals surface area contributed by atoms with Gasteiger partial charge in [0.2, 0.25) is 0 Å². The van der Waals surface area contributed by atoms with Gasteiger partial charge in [-0.2, -0.15) is 0 Å². The zero-order valence-corrected chi connectivity index (χ0v) is 18.3. The molecule has 29 heavy (non-hydrogen) atoms. The molecule has 2 N–H and O–H groups in total. The Bertz CT molecular complexity index is 906. The number of nitrogens with zero attached hydrogens (tertiary/aromatic N) is 2. The average molecular weight is 416 g/mol. The lowest BCUT2D eigenvalue weighted by molar-refractivity contribution is 0.292. The Hall–Kier alpha value is -2.54. The number of hydrogen-bond donors (Lipinski definition) is 2. The maximum atomic E-state index is 10.6. The van der Waals surface area contributed by atoms with Crippen molar-refractivity contribution in [3.63, 3.8) is 0 Å². The number of ether oxygens (including phenoxy) is 2. The first kappa shape index (κ1) is 21.2. The Morgan fingerprint density at radius 1 is 1.24 bits per heavy atom. The molecule has 0 saturated heterocycles. The SMILES string of the molecule is CCCCCC(C)N1CC(O)=C(c2nc(-c3ccc(OC)c(OC)c3)cs2)C1=N. The molecule has 7 heteroatoms. The van der Waals surface area contributed by atoms with E-state index < -0.39 is 0 Å². The van der Waals surface area contributed by atoms with Gasteiger partial charge in [-0.15, -0.1) is 11.3 Å². The molecule has 0 spiro atoms. The molecule has 156 valence electrons. The molecule has 0 radical (unpaired) electrons. The first-order valence-electron chi connectivity index (χ1n) is 9.96. The van der Waals surface area contributed by atoms with Gasteiger partial charge in [-0.1, -0.05) is 26.2 Å². The van der Waals surface area contributed by atoms with Crippen LogP contribution in [-0.2, 0) is 0 Å². The molecule has 1 aromatic carbocycles. The smallest absolute Gasteiger partial charge is 0.161 e. The average Bonchev–Trinajstić information content (AvgIpc) is 3.31. The number of aliphatic hydroxyl groups excluding tert-OH is 1. The summed E-state index contributed by atoms with van der Waals surface area (Å²) in [6.45, 7) is 4.69. The van der Waals surface area contributed by atoms with Crippen molar-refractivity contribution in [3.05, 3.63) is 34.3 Å². The standard InChI is InChI=1S/C22H29N3O3S/c1-5-6-7-8-14(2)25-12-17(26)20(21(25)23)22-24-16(13-29-22)15-9-10-18(27-3)19(11-15)28-4/h9-11,13-14,23,26H,5-8,12H2,1-4H3. The van der Waals surface area contributed by atoms with E-state index in [2.05, 4.69) is 13.8 Å². The van der Waals surface area contributed by atoms with Crippen molar-refractivity contribution in [2.24, 2.45) is 0 Å². The molecule has 1 unspecified atom stereocenters. The normalized spacial score (nSPS) is 15.2. The molecular weight excluding hydrogens is 386 g/mol. The molecule has 2 aromatic rings. The number of thiazole rings is 1. The molecule has 0 bridgehead atoms. The quantitative estimate of drug-likeness (QED) is 0.539. The van der Waals surface area contributed by atoms with E-state index in [0.717, 1.165) is 24.1 Å². The summed E-state index contributed by atoms with van der Waals surface area (Å²) in [5, 5.41) is 21.8. The van der Waals surface area contributed by atoms with Crippen molar-refractivity contribution in [2.45, 2.75) is 45.6 Å². The molecule has 1 aromatic heterocycles. The summed E-state index contributed by atoms with van der Waals surface area (Å²) in [6, 6.07) is 5.88. The summed E-state index contributed by atoms with van der Waals surface area (Å²) in [5.41, 5.74) is 2.23. The molecule has 0 amide bonds. The van der Waals surface area contributed by atoms with E-state index in [1.54, 1.807) is 14.2 Å². The molecule has 0 aliphatic carbocycles. The fourth-order valence-electron chi connectivity index (χ4n) is 3.56. The number of unbranched alkanes of at least 4 members (excludes halogenated alkanes) is 2. The summed E-state index contributed by atoms with van der Waals surface area (Å²) in [4.78, 5) is 6.67. The minimum atomic E-state index is 0.221. The number of nitrogens with one attached hydrogen (secondary N) is 1. The van der Waals surface area contributed by atoms with Gasteiger partial charge in [0.05, 0.1) is 32.0 Å². The third-order valence-electron chi connectivity index (χ3n) is 5.29. The molecule has 0 saturated carbocycles. The monoisotopic (exact) mass is 415 g/mol. The number of hydrogen-bond acceptors (Lipinski definition) is 6. The minimum absolute atomic E-state index is 0.221. The van der Waals surface area contributed by atoms with Gasteiger partial charge in [-0.05, 0) is 31.5 Å². The van der Waals surface area contributed by atoms with Crippen molar-refractivity contribution in [1.82, 2.24) is 9.88 Å². The molecule has 0 fully saturated rings. The number of rotatable bonds is 9. The van der Waals surface area contributed by atoms with E-state index in [-0.39, 0.29) is 11.8 Å². The first-order valence-corrected chi connectivity index (χ1v) is 10.8. The second kappa shape index (κ2) is 9.31. The molecule has 6 nitrogen and oxygen atoms in total. The van der Waals surface area contributed by atoms with E-state index in [4.69, 9.17) is 19.9 Å². The van der Waals surface area contributed by atoms with Gasteiger partial charge in [0.1, 0.15) is 16.6 Å². The van der Waals surface area contributed by atoms with E-state index in [9.17, 15) is 5.11 Å². The number of aliphatic hydroxyl groups is 1. The highest BCUT2D eigenvalue weighted by atomic mass is 32.1. The minimum Gasteiger partial charge on any atom is -0.510 e. The van der Waals surface area contributed by atoms with Gasteiger partial charge < -0.3 is 19.5 Å².